The highest BCUT2D eigenvalue weighted by Crippen LogP contribution is 2.32. The number of benzene rings is 1. The maximum absolute atomic E-state index is 12.5. The lowest BCUT2D eigenvalue weighted by molar-refractivity contribution is -0.122. The fraction of sp³-hybridized carbons (Fsp3) is 0.444. The van der Waals surface area contributed by atoms with E-state index in [1.807, 2.05) is 36.0 Å². The second-order valence-corrected chi connectivity index (χ2v) is 6.71. The molecule has 6 heteroatoms. The second-order valence-electron chi connectivity index (χ2n) is 6.71. The van der Waals surface area contributed by atoms with Gasteiger partial charge in [-0.15, -0.1) is 12.4 Å². The lowest BCUT2D eigenvalue weighted by Gasteiger charge is -2.37. The Bertz CT molecular complexity index is 669. The Balaban J connectivity index is 0.00000208. The number of nitrogens with two attached hydrogens (primary N) is 1. The van der Waals surface area contributed by atoms with E-state index in [0.717, 1.165) is 31.4 Å². The van der Waals surface area contributed by atoms with Gasteiger partial charge in [-0.2, -0.15) is 5.10 Å². The van der Waals surface area contributed by atoms with Crippen molar-refractivity contribution in [3.05, 3.63) is 48.3 Å². The van der Waals surface area contributed by atoms with Gasteiger partial charge < -0.3 is 11.1 Å². The maximum atomic E-state index is 12.5. The molecule has 1 aromatic heterocycles. The molecule has 0 spiro atoms. The highest BCUT2D eigenvalue weighted by atomic mass is 35.5. The standard InChI is InChI=1S/C18H24N4O.ClH/c1-18(19)10-6-5-9-16(18)17(23)21-15-11-20-22(13-15)12-14-7-3-2-4-8-14;/h2-4,7-8,11,13,16H,5-6,9-10,12,19H2,1H3,(H,21,23);1H. The first-order chi connectivity index (χ1) is 11.0. The Morgan fingerprint density at radius 2 is 2.12 bits per heavy atom. The molecule has 0 saturated heterocycles. The van der Waals surface area contributed by atoms with Gasteiger partial charge in [-0.1, -0.05) is 43.2 Å². The van der Waals surface area contributed by atoms with Crippen LogP contribution in [0.15, 0.2) is 42.7 Å². The first-order valence-corrected chi connectivity index (χ1v) is 8.21. The van der Waals surface area contributed by atoms with E-state index in [-0.39, 0.29) is 24.2 Å². The number of carbonyl (C=O) groups is 1. The summed E-state index contributed by atoms with van der Waals surface area (Å²) in [7, 11) is 0. The van der Waals surface area contributed by atoms with Gasteiger partial charge in [0.25, 0.3) is 0 Å². The number of nitrogens with one attached hydrogen (secondary N) is 1. The van der Waals surface area contributed by atoms with Crippen LogP contribution in [0.5, 0.6) is 0 Å². The smallest absolute Gasteiger partial charge is 0.229 e. The SMILES string of the molecule is CC1(N)CCCCC1C(=O)Nc1cnn(Cc2ccccc2)c1.Cl. The molecule has 2 unspecified atom stereocenters. The van der Waals surface area contributed by atoms with Gasteiger partial charge in [0.05, 0.1) is 24.3 Å². The molecule has 2 aromatic rings. The average molecular weight is 349 g/mol. The highest BCUT2D eigenvalue weighted by molar-refractivity contribution is 5.93. The maximum Gasteiger partial charge on any atom is 0.229 e. The topological polar surface area (TPSA) is 72.9 Å². The van der Waals surface area contributed by atoms with Crippen molar-refractivity contribution < 1.29 is 4.79 Å². The molecule has 1 aliphatic rings. The van der Waals surface area contributed by atoms with E-state index in [4.69, 9.17) is 5.73 Å². The highest BCUT2D eigenvalue weighted by Gasteiger charge is 2.37. The van der Waals surface area contributed by atoms with Crippen molar-refractivity contribution in [2.24, 2.45) is 11.7 Å². The number of rotatable bonds is 4. The summed E-state index contributed by atoms with van der Waals surface area (Å²) in [4.78, 5) is 12.5. The molecule has 0 radical (unpaired) electrons. The van der Waals surface area contributed by atoms with Crippen molar-refractivity contribution in [3.8, 4) is 0 Å². The molecule has 0 aliphatic heterocycles. The monoisotopic (exact) mass is 348 g/mol. The van der Waals surface area contributed by atoms with E-state index in [2.05, 4.69) is 22.5 Å². The molecule has 5 nitrogen and oxygen atoms in total. The number of anilines is 1. The zero-order chi connectivity index (χ0) is 16.3. The Kier molecular flexibility index (Phi) is 6.02. The zero-order valence-electron chi connectivity index (χ0n) is 13.9. The van der Waals surface area contributed by atoms with Crippen molar-refractivity contribution in [2.75, 3.05) is 5.32 Å². The number of hydrogen-bond donors (Lipinski definition) is 2. The van der Waals surface area contributed by atoms with Gasteiger partial charge in [0.15, 0.2) is 0 Å². The summed E-state index contributed by atoms with van der Waals surface area (Å²) < 4.78 is 1.83. The third-order valence-electron chi connectivity index (χ3n) is 4.66. The molecule has 2 atom stereocenters. The molecule has 1 fully saturated rings. The number of amides is 1. The van der Waals surface area contributed by atoms with Crippen LogP contribution in [0.2, 0.25) is 0 Å². The van der Waals surface area contributed by atoms with Crippen molar-refractivity contribution in [2.45, 2.75) is 44.7 Å². The lowest BCUT2D eigenvalue weighted by Crippen LogP contribution is -2.51. The summed E-state index contributed by atoms with van der Waals surface area (Å²) >= 11 is 0. The number of halogens is 1. The second kappa shape index (κ2) is 7.81. The Morgan fingerprint density at radius 3 is 2.83 bits per heavy atom. The molecule has 1 aromatic carbocycles. The average Bonchev–Trinajstić information content (AvgIpc) is 2.94. The van der Waals surface area contributed by atoms with Crippen LogP contribution in [0.25, 0.3) is 0 Å². The van der Waals surface area contributed by atoms with Crippen molar-refractivity contribution in [1.29, 1.82) is 0 Å². The van der Waals surface area contributed by atoms with Crippen LogP contribution in [-0.4, -0.2) is 21.2 Å². The molecule has 1 aliphatic carbocycles. The van der Waals surface area contributed by atoms with Crippen molar-refractivity contribution in [1.82, 2.24) is 9.78 Å². The molecule has 1 saturated carbocycles. The van der Waals surface area contributed by atoms with Gasteiger partial charge in [-0.05, 0) is 25.3 Å². The number of nitrogens with zero attached hydrogens (tertiary/aromatic N) is 2. The van der Waals surface area contributed by atoms with Gasteiger partial charge in [-0.25, -0.2) is 0 Å². The molecule has 1 heterocycles. The molecule has 0 bridgehead atoms. The Morgan fingerprint density at radius 1 is 1.38 bits per heavy atom. The van der Waals surface area contributed by atoms with Crippen LogP contribution >= 0.6 is 12.4 Å². The summed E-state index contributed by atoms with van der Waals surface area (Å²) in [5, 5.41) is 7.29. The van der Waals surface area contributed by atoms with E-state index in [1.54, 1.807) is 6.20 Å². The molecule has 130 valence electrons. The minimum Gasteiger partial charge on any atom is -0.325 e. The van der Waals surface area contributed by atoms with Crippen LogP contribution in [0.4, 0.5) is 5.69 Å². The molecule has 3 rings (SSSR count). The Labute approximate surface area is 149 Å². The van der Waals surface area contributed by atoms with E-state index in [9.17, 15) is 4.79 Å². The van der Waals surface area contributed by atoms with E-state index >= 15 is 0 Å². The first kappa shape index (κ1) is 18.5. The molecule has 3 N–H and O–H groups in total. The van der Waals surface area contributed by atoms with Crippen molar-refractivity contribution in [3.63, 3.8) is 0 Å². The lowest BCUT2D eigenvalue weighted by atomic mass is 9.74. The van der Waals surface area contributed by atoms with Crippen LogP contribution in [-0.2, 0) is 11.3 Å². The fourth-order valence-electron chi connectivity index (χ4n) is 3.30. The zero-order valence-corrected chi connectivity index (χ0v) is 14.8. The third kappa shape index (κ3) is 4.36. The largest absolute Gasteiger partial charge is 0.325 e. The van der Waals surface area contributed by atoms with E-state index in [1.165, 1.54) is 5.56 Å². The summed E-state index contributed by atoms with van der Waals surface area (Å²) in [5.74, 6) is -0.123. The van der Waals surface area contributed by atoms with E-state index < -0.39 is 5.54 Å². The minimum absolute atomic E-state index is 0. The predicted molar refractivity (Wildman–Crippen MR) is 98.2 cm³/mol. The van der Waals surface area contributed by atoms with Gasteiger partial charge in [-0.3, -0.25) is 9.48 Å². The van der Waals surface area contributed by atoms with Crippen molar-refractivity contribution >= 4 is 24.0 Å². The van der Waals surface area contributed by atoms with Gasteiger partial charge in [0.1, 0.15) is 0 Å². The number of hydrogen-bond acceptors (Lipinski definition) is 3. The van der Waals surface area contributed by atoms with E-state index in [0.29, 0.717) is 6.54 Å². The summed E-state index contributed by atoms with van der Waals surface area (Å²) in [6, 6.07) is 10.1. The molecule has 1 amide bonds. The molecule has 24 heavy (non-hydrogen) atoms. The fourth-order valence-corrected chi connectivity index (χ4v) is 3.30. The third-order valence-corrected chi connectivity index (χ3v) is 4.66. The van der Waals surface area contributed by atoms with Gasteiger partial charge in [0, 0.05) is 11.7 Å². The van der Waals surface area contributed by atoms with Gasteiger partial charge >= 0.3 is 0 Å². The van der Waals surface area contributed by atoms with Crippen LogP contribution in [0, 0.1) is 5.92 Å². The summed E-state index contributed by atoms with van der Waals surface area (Å²) in [5.41, 5.74) is 7.79. The Hall–Kier alpha value is -1.85. The van der Waals surface area contributed by atoms with Gasteiger partial charge in [0.2, 0.25) is 5.91 Å². The first-order valence-electron chi connectivity index (χ1n) is 8.21. The normalized spacial score (nSPS) is 23.3. The quantitative estimate of drug-likeness (QED) is 0.891. The summed E-state index contributed by atoms with van der Waals surface area (Å²) in [6.07, 6.45) is 7.48. The predicted octanol–water partition coefficient (Wildman–Crippen LogP) is 3.20. The van der Waals surface area contributed by atoms with Crippen LogP contribution in [0.3, 0.4) is 0 Å². The number of carbonyl (C=O) groups excluding carboxylic acids is 1. The number of aromatic nitrogens is 2. The minimum atomic E-state index is -0.414. The summed E-state index contributed by atoms with van der Waals surface area (Å²) in [6.45, 7) is 2.67. The van der Waals surface area contributed by atoms with Crippen LogP contribution in [0.1, 0.15) is 38.2 Å². The molecular weight excluding hydrogens is 324 g/mol. The molecular formula is C18H25ClN4O. The van der Waals surface area contributed by atoms with Crippen LogP contribution < -0.4 is 11.1 Å².